The summed E-state index contributed by atoms with van der Waals surface area (Å²) in [7, 11) is 2.10. The second-order valence-electron chi connectivity index (χ2n) is 8.65. The maximum atomic E-state index is 14.7. The van der Waals surface area contributed by atoms with Crippen LogP contribution in [-0.2, 0) is 0 Å². The van der Waals surface area contributed by atoms with Crippen molar-refractivity contribution in [3.8, 4) is 0 Å². The highest BCUT2D eigenvalue weighted by atomic mass is 35.5. The highest BCUT2D eigenvalue weighted by Gasteiger charge is 2.41. The van der Waals surface area contributed by atoms with E-state index in [2.05, 4.69) is 47.1 Å². The van der Waals surface area contributed by atoms with Crippen LogP contribution in [-0.4, -0.2) is 83.0 Å². The standard InChI is InChI=1S/C23H22ClFN10O/c1-32-7-9-33(10-8-32)18-13-27-17(12-28-18)30-22-29-11-14-20(31-22)34-6-5-26-23(34)35(21(14)36)19-15(24)3-2-4-16(19)25/h2-4,11-13H,5-10H2,1H3,(H,27,29,30,31). The first-order valence-corrected chi connectivity index (χ1v) is 11.9. The number of likely N-dealkylation sites (N-methyl/N-ethyl adjacent to an activating group) is 1. The highest BCUT2D eigenvalue weighted by Crippen LogP contribution is 2.37. The Morgan fingerprint density at radius 2 is 1.86 bits per heavy atom. The predicted molar refractivity (Wildman–Crippen MR) is 135 cm³/mol. The van der Waals surface area contributed by atoms with Crippen molar-refractivity contribution >= 4 is 52.6 Å². The van der Waals surface area contributed by atoms with E-state index in [0.29, 0.717) is 24.7 Å². The Hall–Kier alpha value is -3.90. The van der Waals surface area contributed by atoms with Gasteiger partial charge in [0.2, 0.25) is 11.9 Å². The molecule has 1 saturated heterocycles. The van der Waals surface area contributed by atoms with Crippen molar-refractivity contribution in [1.82, 2.24) is 24.8 Å². The predicted octanol–water partition coefficient (Wildman–Crippen LogP) is 2.39. The summed E-state index contributed by atoms with van der Waals surface area (Å²) < 4.78 is 14.7. The fraction of sp³-hybridized carbons (Fsp3) is 0.304. The lowest BCUT2D eigenvalue weighted by molar-refractivity contribution is 0.0999. The number of nitrogens with zero attached hydrogens (tertiary/aromatic N) is 9. The van der Waals surface area contributed by atoms with Gasteiger partial charge in [0.15, 0.2) is 11.6 Å². The molecule has 0 unspecified atom stereocenters. The molecule has 0 aliphatic carbocycles. The minimum atomic E-state index is -0.619. The molecule has 1 aromatic carbocycles. The number of aliphatic imine (C=N–C) groups is 1. The number of hydrogen-bond acceptors (Lipinski definition) is 10. The normalized spacial score (nSPS) is 17.7. The second-order valence-corrected chi connectivity index (χ2v) is 9.06. The van der Waals surface area contributed by atoms with Crippen LogP contribution in [0.1, 0.15) is 10.4 Å². The number of carbonyl (C=O) groups is 1. The van der Waals surface area contributed by atoms with Crippen molar-refractivity contribution in [2.45, 2.75) is 0 Å². The van der Waals surface area contributed by atoms with Gasteiger partial charge < -0.3 is 15.1 Å². The van der Waals surface area contributed by atoms with Crippen LogP contribution in [0.5, 0.6) is 0 Å². The van der Waals surface area contributed by atoms with E-state index < -0.39 is 11.7 Å². The molecule has 0 saturated carbocycles. The molecular formula is C23H22ClFN10O. The number of halogens is 2. The molecule has 11 nitrogen and oxygen atoms in total. The minimum absolute atomic E-state index is 0.0432. The molecule has 2 aromatic heterocycles. The fourth-order valence-electron chi connectivity index (χ4n) is 4.43. The molecule has 3 aliphatic heterocycles. The van der Waals surface area contributed by atoms with Gasteiger partial charge in [-0.1, -0.05) is 17.7 Å². The van der Waals surface area contributed by atoms with E-state index in [9.17, 15) is 9.18 Å². The van der Waals surface area contributed by atoms with E-state index in [1.165, 1.54) is 29.3 Å². The summed E-state index contributed by atoms with van der Waals surface area (Å²) in [5.41, 5.74) is 0.176. The van der Waals surface area contributed by atoms with E-state index >= 15 is 0 Å². The molecule has 0 radical (unpaired) electrons. The number of benzene rings is 1. The monoisotopic (exact) mass is 508 g/mol. The number of piperazine rings is 1. The van der Waals surface area contributed by atoms with Crippen LogP contribution in [0.2, 0.25) is 5.02 Å². The van der Waals surface area contributed by atoms with Crippen molar-refractivity contribution in [3.63, 3.8) is 0 Å². The zero-order valence-corrected chi connectivity index (χ0v) is 20.2. The SMILES string of the molecule is CN1CCN(c2cnc(Nc3ncc4c(n3)N3CCN=C3N(c3c(F)cccc3Cl)C4=O)cn2)CC1. The molecule has 1 amide bonds. The molecule has 5 heterocycles. The number of anilines is 5. The van der Waals surface area contributed by atoms with Gasteiger partial charge in [0.25, 0.3) is 5.91 Å². The lowest BCUT2D eigenvalue weighted by Crippen LogP contribution is -2.51. The number of aromatic nitrogens is 4. The van der Waals surface area contributed by atoms with Gasteiger partial charge >= 0.3 is 0 Å². The lowest BCUT2D eigenvalue weighted by Gasteiger charge is -2.35. The third kappa shape index (κ3) is 3.88. The molecule has 6 rings (SSSR count). The summed E-state index contributed by atoms with van der Waals surface area (Å²) >= 11 is 6.26. The van der Waals surface area contributed by atoms with Crippen molar-refractivity contribution in [1.29, 1.82) is 0 Å². The molecule has 184 valence electrons. The molecule has 0 bridgehead atoms. The highest BCUT2D eigenvalue weighted by molar-refractivity contribution is 6.38. The van der Waals surface area contributed by atoms with E-state index in [1.54, 1.807) is 17.3 Å². The van der Waals surface area contributed by atoms with Crippen LogP contribution in [0.15, 0.2) is 41.8 Å². The number of hydrogen-bond donors (Lipinski definition) is 1. The molecule has 0 atom stereocenters. The van der Waals surface area contributed by atoms with Gasteiger partial charge in [0, 0.05) is 38.9 Å². The van der Waals surface area contributed by atoms with Gasteiger partial charge in [-0.3, -0.25) is 14.7 Å². The van der Waals surface area contributed by atoms with Crippen molar-refractivity contribution < 1.29 is 9.18 Å². The Kier molecular flexibility index (Phi) is 5.61. The second kappa shape index (κ2) is 8.95. The van der Waals surface area contributed by atoms with Gasteiger partial charge in [-0.15, -0.1) is 0 Å². The summed E-state index contributed by atoms with van der Waals surface area (Å²) in [6.45, 7) is 4.66. The summed E-state index contributed by atoms with van der Waals surface area (Å²) in [6.07, 6.45) is 4.76. The number of carbonyl (C=O) groups excluding carboxylic acids is 1. The van der Waals surface area contributed by atoms with Gasteiger partial charge in [-0.05, 0) is 19.2 Å². The van der Waals surface area contributed by atoms with Crippen LogP contribution < -0.4 is 20.0 Å². The number of nitrogens with one attached hydrogen (secondary N) is 1. The van der Waals surface area contributed by atoms with Crippen molar-refractivity contribution in [2.24, 2.45) is 4.99 Å². The zero-order chi connectivity index (χ0) is 24.8. The number of guanidine groups is 1. The van der Waals surface area contributed by atoms with Crippen LogP contribution in [0.25, 0.3) is 0 Å². The van der Waals surface area contributed by atoms with Gasteiger partial charge in [-0.25, -0.2) is 24.2 Å². The van der Waals surface area contributed by atoms with Crippen LogP contribution >= 0.6 is 11.6 Å². The number of rotatable bonds is 4. The molecule has 3 aromatic rings. The van der Waals surface area contributed by atoms with Gasteiger partial charge in [0.05, 0.1) is 24.0 Å². The molecule has 36 heavy (non-hydrogen) atoms. The molecule has 1 N–H and O–H groups in total. The topological polar surface area (TPSA) is 106 Å². The number of amides is 1. The van der Waals surface area contributed by atoms with Crippen LogP contribution in [0, 0.1) is 5.82 Å². The first-order chi connectivity index (χ1) is 17.5. The molecule has 0 spiro atoms. The Balaban J connectivity index is 1.27. The Bertz CT molecular complexity index is 1340. The largest absolute Gasteiger partial charge is 0.353 e. The van der Waals surface area contributed by atoms with E-state index in [4.69, 9.17) is 11.6 Å². The Morgan fingerprint density at radius 3 is 2.61 bits per heavy atom. The molecule has 13 heteroatoms. The maximum Gasteiger partial charge on any atom is 0.270 e. The first-order valence-electron chi connectivity index (χ1n) is 11.5. The van der Waals surface area contributed by atoms with Crippen LogP contribution in [0.3, 0.4) is 0 Å². The summed E-state index contributed by atoms with van der Waals surface area (Å²) in [6, 6.07) is 4.27. The van der Waals surface area contributed by atoms with Gasteiger partial charge in [0.1, 0.15) is 22.9 Å². The molecular weight excluding hydrogens is 487 g/mol. The molecule has 3 aliphatic rings. The first kappa shape index (κ1) is 22.6. The zero-order valence-electron chi connectivity index (χ0n) is 19.4. The Morgan fingerprint density at radius 1 is 1.03 bits per heavy atom. The van der Waals surface area contributed by atoms with E-state index in [0.717, 1.165) is 32.0 Å². The summed E-state index contributed by atoms with van der Waals surface area (Å²) in [4.78, 5) is 43.1. The third-order valence-electron chi connectivity index (χ3n) is 6.34. The maximum absolute atomic E-state index is 14.7. The molecule has 1 fully saturated rings. The average Bonchev–Trinajstić information content (AvgIpc) is 3.37. The smallest absolute Gasteiger partial charge is 0.270 e. The lowest BCUT2D eigenvalue weighted by atomic mass is 10.1. The third-order valence-corrected chi connectivity index (χ3v) is 6.65. The van der Waals surface area contributed by atoms with Crippen molar-refractivity contribution in [2.75, 3.05) is 66.3 Å². The quantitative estimate of drug-likeness (QED) is 0.568. The van der Waals surface area contributed by atoms with E-state index in [-0.39, 0.29) is 28.2 Å². The van der Waals surface area contributed by atoms with Crippen molar-refractivity contribution in [3.05, 3.63) is 53.2 Å². The Labute approximate surface area is 211 Å². The summed E-state index contributed by atoms with van der Waals surface area (Å²) in [5.74, 6) is 1.09. The van der Waals surface area contributed by atoms with Gasteiger partial charge in [-0.2, -0.15) is 4.98 Å². The average molecular weight is 509 g/mol. The van der Waals surface area contributed by atoms with Crippen LogP contribution in [0.4, 0.5) is 33.5 Å². The fourth-order valence-corrected chi connectivity index (χ4v) is 4.68. The van der Waals surface area contributed by atoms with E-state index in [1.807, 2.05) is 0 Å². The summed E-state index contributed by atoms with van der Waals surface area (Å²) in [5, 5.41) is 3.16. The number of fused-ring (bicyclic) bond motifs is 3. The number of para-hydroxylation sites is 1. The minimum Gasteiger partial charge on any atom is -0.353 e.